The highest BCUT2D eigenvalue weighted by Gasteiger charge is 2.57. The Morgan fingerprint density at radius 2 is 2.10 bits per heavy atom. The van der Waals surface area contributed by atoms with Crippen molar-refractivity contribution in [3.05, 3.63) is 35.4 Å². The lowest BCUT2D eigenvalue weighted by atomic mass is 9.45. The molecule has 1 heterocycles. The normalized spacial score (nSPS) is 37.8. The van der Waals surface area contributed by atoms with Gasteiger partial charge in [0.1, 0.15) is 12.1 Å². The zero-order chi connectivity index (χ0) is 22.5. The summed E-state index contributed by atoms with van der Waals surface area (Å²) in [6, 6.07) is 7.60. The zero-order valence-electron chi connectivity index (χ0n) is 19.4. The second-order valence-electron chi connectivity index (χ2n) is 10.7. The molecule has 2 bridgehead atoms. The molecule has 0 spiro atoms. The second kappa shape index (κ2) is 8.47. The van der Waals surface area contributed by atoms with Crippen molar-refractivity contribution >= 4 is 5.91 Å². The smallest absolute Gasteiger partial charge is 0.240 e. The molecule has 4 aliphatic rings. The maximum Gasteiger partial charge on any atom is 0.240 e. The van der Waals surface area contributed by atoms with Crippen LogP contribution in [0.3, 0.4) is 0 Å². The lowest BCUT2D eigenvalue weighted by Gasteiger charge is -2.62. The van der Waals surface area contributed by atoms with Crippen LogP contribution in [-0.2, 0) is 16.2 Å². The Morgan fingerprint density at radius 1 is 1.35 bits per heavy atom. The van der Waals surface area contributed by atoms with Crippen molar-refractivity contribution in [2.75, 3.05) is 6.61 Å². The van der Waals surface area contributed by atoms with E-state index < -0.39 is 24.2 Å². The summed E-state index contributed by atoms with van der Waals surface area (Å²) >= 11 is 0. The Balaban J connectivity index is 1.53. The zero-order valence-corrected chi connectivity index (χ0v) is 19.4. The van der Waals surface area contributed by atoms with Gasteiger partial charge in [0.05, 0.1) is 19.3 Å². The van der Waals surface area contributed by atoms with E-state index in [4.69, 9.17) is 4.84 Å². The van der Waals surface area contributed by atoms with Gasteiger partial charge in [-0.15, -0.1) is 0 Å². The van der Waals surface area contributed by atoms with Crippen LogP contribution in [0.25, 0.3) is 0 Å². The molecule has 4 fully saturated rings. The van der Waals surface area contributed by atoms with Crippen molar-refractivity contribution < 1.29 is 19.8 Å². The van der Waals surface area contributed by atoms with E-state index in [-0.39, 0.29) is 18.6 Å². The van der Waals surface area contributed by atoms with Crippen molar-refractivity contribution in [2.24, 2.45) is 29.1 Å². The number of rotatable bonds is 6. The standard InChI is InChI=1S/C25H38N2O4/c1-14-7-6-8-17(9-14)12-27-23(22(16(3)29)21(13-28)31-27)24(30)26-20-11-18-10-19(15(20)2)25(18,4)5/h6-9,15-16,18-23,28-29H,10-13H2,1-5H3,(H,26,30)/t15?,16-,18+,19-,20?,21?,22+,23-/m0/s1. The average Bonchev–Trinajstić information content (AvgIpc) is 3.07. The van der Waals surface area contributed by atoms with Crippen LogP contribution in [0.15, 0.2) is 24.3 Å². The summed E-state index contributed by atoms with van der Waals surface area (Å²) in [5.74, 6) is 1.12. The number of fused-ring (bicyclic) bond motifs is 2. The van der Waals surface area contributed by atoms with Gasteiger partial charge in [0, 0.05) is 12.0 Å². The quantitative estimate of drug-likeness (QED) is 0.646. The number of benzene rings is 1. The third kappa shape index (κ3) is 4.04. The number of nitrogens with zero attached hydrogens (tertiary/aromatic N) is 1. The lowest BCUT2D eigenvalue weighted by Crippen LogP contribution is -2.62. The number of aliphatic hydroxyl groups is 2. The van der Waals surface area contributed by atoms with Gasteiger partial charge in [-0.1, -0.05) is 50.6 Å². The van der Waals surface area contributed by atoms with E-state index in [0.29, 0.717) is 29.7 Å². The molecule has 1 aromatic carbocycles. The molecule has 1 aliphatic heterocycles. The number of hydrogen-bond acceptors (Lipinski definition) is 5. The van der Waals surface area contributed by atoms with E-state index in [1.165, 1.54) is 6.42 Å². The molecule has 172 valence electrons. The Labute approximate surface area is 185 Å². The van der Waals surface area contributed by atoms with Crippen LogP contribution in [0.2, 0.25) is 0 Å². The van der Waals surface area contributed by atoms with E-state index in [2.05, 4.69) is 32.2 Å². The van der Waals surface area contributed by atoms with Crippen molar-refractivity contribution in [3.8, 4) is 0 Å². The number of amides is 1. The summed E-state index contributed by atoms with van der Waals surface area (Å²) in [7, 11) is 0. The Morgan fingerprint density at radius 3 is 2.68 bits per heavy atom. The molecule has 1 amide bonds. The summed E-state index contributed by atoms with van der Waals surface area (Å²) in [6.07, 6.45) is 0.892. The predicted molar refractivity (Wildman–Crippen MR) is 119 cm³/mol. The fourth-order valence-electron chi connectivity index (χ4n) is 6.47. The van der Waals surface area contributed by atoms with Crippen LogP contribution in [0.1, 0.15) is 51.7 Å². The highest BCUT2D eigenvalue weighted by atomic mass is 16.7. The molecule has 3 unspecified atom stereocenters. The molecule has 5 rings (SSSR count). The number of carbonyl (C=O) groups is 1. The fourth-order valence-corrected chi connectivity index (χ4v) is 6.47. The number of aliphatic hydroxyl groups excluding tert-OH is 2. The molecule has 31 heavy (non-hydrogen) atoms. The summed E-state index contributed by atoms with van der Waals surface area (Å²) < 4.78 is 0. The maximum absolute atomic E-state index is 13.6. The van der Waals surface area contributed by atoms with E-state index >= 15 is 0 Å². The SMILES string of the molecule is Cc1cccc(CN2OC(CO)[C@@H]([C@H](C)O)[C@H]2C(=O)NC2C[C@H]3C[C@@H](C2C)C3(C)C)c1. The monoisotopic (exact) mass is 430 g/mol. The van der Waals surface area contributed by atoms with Crippen LogP contribution < -0.4 is 5.32 Å². The first-order valence-corrected chi connectivity index (χ1v) is 11.7. The summed E-state index contributed by atoms with van der Waals surface area (Å²) in [6.45, 7) is 10.9. The number of carbonyl (C=O) groups excluding carboxylic acids is 1. The van der Waals surface area contributed by atoms with Crippen LogP contribution in [0.4, 0.5) is 0 Å². The predicted octanol–water partition coefficient (Wildman–Crippen LogP) is 2.66. The number of aryl methyl sites for hydroxylation is 1. The Hall–Kier alpha value is -1.47. The van der Waals surface area contributed by atoms with E-state index in [1.54, 1.807) is 12.0 Å². The van der Waals surface area contributed by atoms with Gasteiger partial charge >= 0.3 is 0 Å². The Kier molecular flexibility index (Phi) is 6.21. The molecule has 0 aromatic heterocycles. The minimum absolute atomic E-state index is 0.106. The van der Waals surface area contributed by atoms with Crippen molar-refractivity contribution in [1.82, 2.24) is 10.4 Å². The molecule has 8 atom stereocenters. The van der Waals surface area contributed by atoms with Gasteiger partial charge in [0.2, 0.25) is 5.91 Å². The maximum atomic E-state index is 13.6. The molecule has 3 saturated carbocycles. The molecule has 1 saturated heterocycles. The molecule has 3 N–H and O–H groups in total. The van der Waals surface area contributed by atoms with Crippen LogP contribution in [0, 0.1) is 36.0 Å². The highest BCUT2D eigenvalue weighted by molar-refractivity contribution is 5.82. The molecule has 6 heteroatoms. The molecular weight excluding hydrogens is 392 g/mol. The molecule has 6 nitrogen and oxygen atoms in total. The first-order valence-electron chi connectivity index (χ1n) is 11.7. The van der Waals surface area contributed by atoms with E-state index in [9.17, 15) is 15.0 Å². The van der Waals surface area contributed by atoms with Gasteiger partial charge < -0.3 is 15.5 Å². The third-order valence-corrected chi connectivity index (χ3v) is 8.48. The van der Waals surface area contributed by atoms with Crippen LogP contribution in [0.5, 0.6) is 0 Å². The molecule has 1 aromatic rings. The fraction of sp³-hybridized carbons (Fsp3) is 0.720. The second-order valence-corrected chi connectivity index (χ2v) is 10.7. The summed E-state index contributed by atoms with van der Waals surface area (Å²) in [5.41, 5.74) is 2.54. The average molecular weight is 431 g/mol. The topological polar surface area (TPSA) is 82.0 Å². The molecule has 3 aliphatic carbocycles. The number of hydrogen-bond donors (Lipinski definition) is 3. The van der Waals surface area contributed by atoms with Crippen molar-refractivity contribution in [2.45, 2.75) is 78.3 Å². The van der Waals surface area contributed by atoms with Gasteiger partial charge in [-0.2, -0.15) is 5.06 Å². The lowest BCUT2D eigenvalue weighted by molar-refractivity contribution is -0.183. The van der Waals surface area contributed by atoms with E-state index in [0.717, 1.165) is 17.5 Å². The largest absolute Gasteiger partial charge is 0.394 e. The van der Waals surface area contributed by atoms with Gasteiger partial charge in [-0.05, 0) is 55.4 Å². The number of hydroxylamine groups is 2. The minimum Gasteiger partial charge on any atom is -0.394 e. The van der Waals surface area contributed by atoms with Gasteiger partial charge in [-0.25, -0.2) is 0 Å². The molecular formula is C25H38N2O4. The van der Waals surface area contributed by atoms with Crippen LogP contribution >= 0.6 is 0 Å². The first-order chi connectivity index (χ1) is 14.6. The van der Waals surface area contributed by atoms with Crippen molar-refractivity contribution in [1.29, 1.82) is 0 Å². The summed E-state index contributed by atoms with van der Waals surface area (Å²) in [4.78, 5) is 19.6. The highest BCUT2D eigenvalue weighted by Crippen LogP contribution is 2.61. The third-order valence-electron chi connectivity index (χ3n) is 8.48. The Bertz CT molecular complexity index is 810. The number of nitrogens with one attached hydrogen (secondary N) is 1. The molecule has 0 radical (unpaired) electrons. The van der Waals surface area contributed by atoms with Crippen LogP contribution in [-0.4, -0.2) is 52.1 Å². The first kappa shape index (κ1) is 22.7. The van der Waals surface area contributed by atoms with Gasteiger partial charge in [0.25, 0.3) is 0 Å². The van der Waals surface area contributed by atoms with Crippen molar-refractivity contribution in [3.63, 3.8) is 0 Å². The van der Waals surface area contributed by atoms with Gasteiger partial charge in [0.15, 0.2) is 0 Å². The summed E-state index contributed by atoms with van der Waals surface area (Å²) in [5, 5.41) is 25.3. The van der Waals surface area contributed by atoms with E-state index in [1.807, 2.05) is 25.1 Å². The van der Waals surface area contributed by atoms with Gasteiger partial charge in [-0.3, -0.25) is 9.63 Å². The minimum atomic E-state index is -0.772.